The first-order chi connectivity index (χ1) is 16.8. The average Bonchev–Trinajstić information content (AvgIpc) is 3.34. The minimum Gasteiger partial charge on any atom is -0.390 e. The lowest BCUT2D eigenvalue weighted by molar-refractivity contribution is -0.0771. The molecule has 180 valence electrons. The van der Waals surface area contributed by atoms with Gasteiger partial charge >= 0.3 is 0 Å². The number of alkyl halides is 2. The van der Waals surface area contributed by atoms with Crippen LogP contribution in [0.5, 0.6) is 0 Å². The number of amides is 1. The molecule has 35 heavy (non-hydrogen) atoms. The van der Waals surface area contributed by atoms with Crippen molar-refractivity contribution in [3.63, 3.8) is 0 Å². The van der Waals surface area contributed by atoms with Gasteiger partial charge in [0, 0.05) is 23.9 Å². The van der Waals surface area contributed by atoms with Crippen LogP contribution in [-0.4, -0.2) is 46.8 Å². The van der Waals surface area contributed by atoms with Crippen LogP contribution in [0.15, 0.2) is 77.9 Å². The Morgan fingerprint density at radius 3 is 2.51 bits per heavy atom. The van der Waals surface area contributed by atoms with Crippen LogP contribution in [0.2, 0.25) is 0 Å². The molecule has 5 nitrogen and oxygen atoms in total. The number of nitrogens with zero attached hydrogens (tertiary/aromatic N) is 2. The minimum atomic E-state index is -3.65. The molecule has 0 bridgehead atoms. The van der Waals surface area contributed by atoms with E-state index in [9.17, 15) is 27.5 Å². The quantitative estimate of drug-likeness (QED) is 0.472. The number of benzene rings is 2. The average molecular weight is 483 g/mol. The van der Waals surface area contributed by atoms with E-state index in [0.29, 0.717) is 11.1 Å². The lowest BCUT2D eigenvalue weighted by atomic mass is 9.98. The predicted octanol–water partition coefficient (Wildman–Crippen LogP) is 4.21. The van der Waals surface area contributed by atoms with Crippen molar-refractivity contribution in [1.82, 2.24) is 10.3 Å². The van der Waals surface area contributed by atoms with Crippen molar-refractivity contribution in [2.75, 3.05) is 13.2 Å². The van der Waals surface area contributed by atoms with Crippen LogP contribution in [0.25, 0.3) is 5.57 Å². The lowest BCUT2D eigenvalue weighted by Gasteiger charge is -2.26. The van der Waals surface area contributed by atoms with Crippen LogP contribution in [0.1, 0.15) is 27.2 Å². The second-order valence-electron chi connectivity index (χ2n) is 8.01. The van der Waals surface area contributed by atoms with Gasteiger partial charge in [-0.15, -0.1) is 0 Å². The third-order valence-electron chi connectivity index (χ3n) is 5.63. The number of rotatable bonds is 8. The third kappa shape index (κ3) is 5.46. The first-order valence-corrected chi connectivity index (χ1v) is 10.8. The molecular weight excluding hydrogens is 462 g/mol. The molecule has 3 aromatic rings. The van der Waals surface area contributed by atoms with Crippen LogP contribution >= 0.6 is 0 Å². The highest BCUT2D eigenvalue weighted by Gasteiger charge is 2.40. The first-order valence-electron chi connectivity index (χ1n) is 10.8. The van der Waals surface area contributed by atoms with Crippen molar-refractivity contribution in [3.05, 3.63) is 107 Å². The van der Waals surface area contributed by atoms with Gasteiger partial charge in [0.25, 0.3) is 11.8 Å². The number of allylic oxidation sites excluding steroid dienone is 1. The summed E-state index contributed by atoms with van der Waals surface area (Å²) in [6, 6.07) is 12.4. The summed E-state index contributed by atoms with van der Waals surface area (Å²) in [5.41, 5.74) is 1.52. The molecule has 0 aliphatic carbocycles. The number of hydrogen-bond acceptors (Lipinski definition) is 4. The fraction of sp³-hybridized carbons (Fsp3) is 0.192. The number of carbonyl (C=O) groups is 1. The smallest absolute Gasteiger partial charge is 0.290 e. The van der Waals surface area contributed by atoms with E-state index in [4.69, 9.17) is 0 Å². The van der Waals surface area contributed by atoms with Crippen molar-refractivity contribution >= 4 is 17.2 Å². The first kappa shape index (κ1) is 24.3. The van der Waals surface area contributed by atoms with Gasteiger partial charge in [0.1, 0.15) is 24.3 Å². The molecule has 1 aliphatic heterocycles. The molecule has 9 heteroatoms. The molecule has 0 fully saturated rings. The Kier molecular flexibility index (Phi) is 7.07. The molecule has 2 heterocycles. The van der Waals surface area contributed by atoms with E-state index < -0.39 is 36.1 Å². The number of aliphatic hydroxyl groups excluding tert-OH is 1. The van der Waals surface area contributed by atoms with Crippen molar-refractivity contribution in [3.8, 4) is 0 Å². The van der Waals surface area contributed by atoms with Crippen LogP contribution in [-0.2, 0) is 6.42 Å². The summed E-state index contributed by atoms with van der Waals surface area (Å²) in [5, 5.41) is 11.5. The third-order valence-corrected chi connectivity index (χ3v) is 5.63. The number of halogens is 4. The van der Waals surface area contributed by atoms with Gasteiger partial charge in [-0.05, 0) is 53.6 Å². The van der Waals surface area contributed by atoms with Crippen molar-refractivity contribution in [2.24, 2.45) is 4.99 Å². The van der Waals surface area contributed by atoms with Crippen LogP contribution in [0.3, 0.4) is 0 Å². The van der Waals surface area contributed by atoms with E-state index in [1.54, 1.807) is 30.3 Å². The zero-order valence-electron chi connectivity index (χ0n) is 18.4. The normalized spacial score (nSPS) is 14.3. The maximum atomic E-state index is 14.9. The monoisotopic (exact) mass is 483 g/mol. The molecule has 1 aliphatic rings. The maximum Gasteiger partial charge on any atom is 0.290 e. The standard InChI is InChI=1S/C26H21F4N3O2/c27-18-9-7-16(8-10-18)17-12-22(32-14-17)24-20(5-3-6-21(24)28)25(35)33-23(26(29,30)15-34)13-19-4-1-2-11-31-19/h1-12,23,34H,13-15H2,(H,33,35)/t23-/m1/s1. The van der Waals surface area contributed by atoms with Gasteiger partial charge in [-0.25, -0.2) is 17.6 Å². The number of pyridine rings is 1. The number of aromatic nitrogens is 1. The Bertz CT molecular complexity index is 1280. The molecular formula is C26H21F4N3O2. The van der Waals surface area contributed by atoms with E-state index in [2.05, 4.69) is 15.3 Å². The van der Waals surface area contributed by atoms with Crippen molar-refractivity contribution in [1.29, 1.82) is 0 Å². The topological polar surface area (TPSA) is 74.6 Å². The fourth-order valence-corrected chi connectivity index (χ4v) is 3.77. The van der Waals surface area contributed by atoms with Gasteiger partial charge in [-0.3, -0.25) is 14.8 Å². The SMILES string of the molecule is O=C(N[C@H](Cc1ccccn1)C(F)(F)CO)c1cccc(F)c1C1=NCC(c2ccc(F)cc2)=C1. The van der Waals surface area contributed by atoms with E-state index in [1.165, 1.54) is 36.5 Å². The highest BCUT2D eigenvalue weighted by molar-refractivity contribution is 6.19. The molecule has 0 unspecified atom stereocenters. The molecule has 0 radical (unpaired) electrons. The zero-order valence-corrected chi connectivity index (χ0v) is 18.4. The molecule has 0 saturated heterocycles. The summed E-state index contributed by atoms with van der Waals surface area (Å²) < 4.78 is 57.1. The van der Waals surface area contributed by atoms with Crippen LogP contribution in [0, 0.1) is 11.6 Å². The van der Waals surface area contributed by atoms with Crippen molar-refractivity contribution in [2.45, 2.75) is 18.4 Å². The summed E-state index contributed by atoms with van der Waals surface area (Å²) >= 11 is 0. The second-order valence-corrected chi connectivity index (χ2v) is 8.01. The Hall–Kier alpha value is -3.85. The number of carbonyl (C=O) groups excluding carboxylic acids is 1. The Labute approximate surface area is 198 Å². The van der Waals surface area contributed by atoms with Gasteiger partial charge in [0.15, 0.2) is 0 Å². The number of aliphatic hydroxyl groups is 1. The highest BCUT2D eigenvalue weighted by atomic mass is 19.3. The van der Waals surface area contributed by atoms with E-state index in [1.807, 2.05) is 0 Å². The molecule has 1 amide bonds. The zero-order chi connectivity index (χ0) is 25.0. The maximum absolute atomic E-state index is 14.9. The van der Waals surface area contributed by atoms with Crippen LogP contribution < -0.4 is 5.32 Å². The van der Waals surface area contributed by atoms with Crippen molar-refractivity contribution < 1.29 is 27.5 Å². The molecule has 1 atom stereocenters. The summed E-state index contributed by atoms with van der Waals surface area (Å²) in [5.74, 6) is -5.74. The minimum absolute atomic E-state index is 0.133. The van der Waals surface area contributed by atoms with Gasteiger partial charge in [-0.2, -0.15) is 0 Å². The van der Waals surface area contributed by atoms with E-state index >= 15 is 0 Å². The summed E-state index contributed by atoms with van der Waals surface area (Å²) in [6.45, 7) is -1.31. The van der Waals surface area contributed by atoms with E-state index in [0.717, 1.165) is 6.07 Å². The van der Waals surface area contributed by atoms with Gasteiger partial charge in [-0.1, -0.05) is 24.3 Å². The summed E-state index contributed by atoms with van der Waals surface area (Å²) in [6.07, 6.45) is 2.66. The largest absolute Gasteiger partial charge is 0.390 e. The second kappa shape index (κ2) is 10.2. The molecule has 1 aromatic heterocycles. The number of hydrogen-bond donors (Lipinski definition) is 2. The van der Waals surface area contributed by atoms with E-state index in [-0.39, 0.29) is 35.5 Å². The lowest BCUT2D eigenvalue weighted by Crippen LogP contribution is -2.51. The number of aliphatic imine (C=N–C) groups is 1. The summed E-state index contributed by atoms with van der Waals surface area (Å²) in [4.78, 5) is 21.4. The Balaban J connectivity index is 1.63. The molecule has 2 N–H and O–H groups in total. The predicted molar refractivity (Wildman–Crippen MR) is 123 cm³/mol. The molecule has 4 rings (SSSR count). The Morgan fingerprint density at radius 1 is 1.06 bits per heavy atom. The molecule has 0 spiro atoms. The van der Waals surface area contributed by atoms with Gasteiger partial charge in [0.05, 0.1) is 17.8 Å². The van der Waals surface area contributed by atoms with Crippen LogP contribution in [0.4, 0.5) is 17.6 Å². The fourth-order valence-electron chi connectivity index (χ4n) is 3.77. The van der Waals surface area contributed by atoms with Gasteiger partial charge < -0.3 is 10.4 Å². The van der Waals surface area contributed by atoms with Gasteiger partial charge in [0.2, 0.25) is 0 Å². The number of nitrogens with one attached hydrogen (secondary N) is 1. The molecule has 0 saturated carbocycles. The Morgan fingerprint density at radius 2 is 1.83 bits per heavy atom. The highest BCUT2D eigenvalue weighted by Crippen LogP contribution is 2.26. The molecule has 2 aromatic carbocycles. The summed E-state index contributed by atoms with van der Waals surface area (Å²) in [7, 11) is 0.